The van der Waals surface area contributed by atoms with Crippen molar-refractivity contribution in [3.8, 4) is 5.75 Å². The third kappa shape index (κ3) is 3.71. The van der Waals surface area contributed by atoms with Gasteiger partial charge in [-0.1, -0.05) is 12.1 Å². The van der Waals surface area contributed by atoms with Crippen LogP contribution in [0.25, 0.3) is 10.9 Å². The third-order valence-corrected chi connectivity index (χ3v) is 5.77. The molecular weight excluding hydrogens is 357 g/mol. The second-order valence-corrected chi connectivity index (χ2v) is 7.44. The number of fused-ring (bicyclic) bond motifs is 1. The van der Waals surface area contributed by atoms with Crippen molar-refractivity contribution < 1.29 is 24.4 Å². The number of hydrogen-bond donors (Lipinski definition) is 4. The zero-order valence-corrected chi connectivity index (χ0v) is 15.7. The maximum absolute atomic E-state index is 13.5. The molecule has 0 saturated carbocycles. The molecule has 5 nitrogen and oxygen atoms in total. The molecule has 2 aromatic carbocycles. The van der Waals surface area contributed by atoms with Crippen LogP contribution in [-0.2, 0) is 0 Å². The number of nitrogens with zero attached hydrogens (tertiary/aromatic N) is 1. The van der Waals surface area contributed by atoms with Gasteiger partial charge in [-0.05, 0) is 36.4 Å². The van der Waals surface area contributed by atoms with Crippen LogP contribution in [0.5, 0.6) is 5.75 Å². The molecule has 1 aliphatic heterocycles. The minimum Gasteiger partial charge on any atom is -0.505 e. The van der Waals surface area contributed by atoms with E-state index >= 15 is 0 Å². The van der Waals surface area contributed by atoms with E-state index in [0.29, 0.717) is 5.52 Å². The summed E-state index contributed by atoms with van der Waals surface area (Å²) in [6.07, 6.45) is 1.68. The lowest BCUT2D eigenvalue weighted by atomic mass is 9.94. The van der Waals surface area contributed by atoms with Crippen LogP contribution >= 0.6 is 0 Å². The number of phenolic OH excluding ortho intramolecular Hbond substituents is 1. The fourth-order valence-electron chi connectivity index (χ4n) is 4.29. The molecular formula is C22H26FN3O2+2. The average molecular weight is 383 g/mol. The highest BCUT2D eigenvalue weighted by molar-refractivity contribution is 5.85. The molecule has 6 heteroatoms. The van der Waals surface area contributed by atoms with Gasteiger partial charge >= 0.3 is 0 Å². The first-order valence-electron chi connectivity index (χ1n) is 9.78. The second kappa shape index (κ2) is 8.22. The van der Waals surface area contributed by atoms with Crippen LogP contribution in [0.4, 0.5) is 4.39 Å². The van der Waals surface area contributed by atoms with Gasteiger partial charge in [0.25, 0.3) is 0 Å². The van der Waals surface area contributed by atoms with Crippen molar-refractivity contribution >= 4 is 10.9 Å². The summed E-state index contributed by atoms with van der Waals surface area (Å²) in [5.74, 6) is -0.0656. The Labute approximate surface area is 163 Å². The minimum atomic E-state index is -0.265. The summed E-state index contributed by atoms with van der Waals surface area (Å²) in [7, 11) is 0. The van der Waals surface area contributed by atoms with Crippen LogP contribution in [0.1, 0.15) is 17.2 Å². The Kier molecular flexibility index (Phi) is 5.52. The predicted octanol–water partition coefficient (Wildman–Crippen LogP) is -0.0554. The Hall–Kier alpha value is -2.54. The molecule has 0 bridgehead atoms. The largest absolute Gasteiger partial charge is 0.505 e. The number of aromatic nitrogens is 1. The first-order valence-corrected chi connectivity index (χ1v) is 9.78. The van der Waals surface area contributed by atoms with E-state index in [1.54, 1.807) is 6.20 Å². The quantitative estimate of drug-likeness (QED) is 0.500. The molecule has 1 aliphatic rings. The van der Waals surface area contributed by atoms with Gasteiger partial charge in [-0.2, -0.15) is 0 Å². The van der Waals surface area contributed by atoms with Crippen molar-refractivity contribution in [2.45, 2.75) is 6.04 Å². The number of rotatable bonds is 5. The second-order valence-electron chi connectivity index (χ2n) is 7.44. The van der Waals surface area contributed by atoms with Crippen LogP contribution in [0.2, 0.25) is 0 Å². The van der Waals surface area contributed by atoms with Crippen molar-refractivity contribution in [2.75, 3.05) is 39.3 Å². The van der Waals surface area contributed by atoms with Crippen molar-refractivity contribution in [1.29, 1.82) is 0 Å². The van der Waals surface area contributed by atoms with E-state index in [1.165, 1.54) is 21.9 Å². The Morgan fingerprint density at radius 3 is 2.46 bits per heavy atom. The highest BCUT2D eigenvalue weighted by atomic mass is 19.1. The molecule has 2 heterocycles. The van der Waals surface area contributed by atoms with E-state index in [1.807, 2.05) is 36.4 Å². The Balaban J connectivity index is 1.74. The molecule has 1 fully saturated rings. The Bertz CT molecular complexity index is 940. The van der Waals surface area contributed by atoms with Crippen LogP contribution < -0.4 is 9.80 Å². The summed E-state index contributed by atoms with van der Waals surface area (Å²) in [5, 5.41) is 21.1. The van der Waals surface area contributed by atoms with Crippen LogP contribution in [0.15, 0.2) is 54.7 Å². The molecule has 146 valence electrons. The maximum Gasteiger partial charge on any atom is 0.151 e. The lowest BCUT2D eigenvalue weighted by Crippen LogP contribution is -3.28. The molecule has 4 N–H and O–H groups in total. The fraction of sp³-hybridized carbons (Fsp3) is 0.318. The van der Waals surface area contributed by atoms with E-state index in [0.717, 1.165) is 49.2 Å². The van der Waals surface area contributed by atoms with E-state index in [2.05, 4.69) is 4.98 Å². The number of benzene rings is 2. The van der Waals surface area contributed by atoms with Gasteiger partial charge in [-0.25, -0.2) is 4.39 Å². The molecule has 0 radical (unpaired) electrons. The number of aromatic hydroxyl groups is 1. The van der Waals surface area contributed by atoms with Crippen molar-refractivity contribution in [3.63, 3.8) is 0 Å². The first-order chi connectivity index (χ1) is 13.7. The number of piperazine rings is 1. The number of hydrogen-bond acceptors (Lipinski definition) is 3. The highest BCUT2D eigenvalue weighted by Crippen LogP contribution is 2.33. The normalized spacial score (nSPS) is 20.9. The predicted molar refractivity (Wildman–Crippen MR) is 105 cm³/mol. The zero-order chi connectivity index (χ0) is 19.5. The average Bonchev–Trinajstić information content (AvgIpc) is 2.73. The lowest BCUT2D eigenvalue weighted by molar-refractivity contribution is -1.02. The molecule has 1 atom stereocenters. The van der Waals surface area contributed by atoms with E-state index in [9.17, 15) is 14.6 Å². The number of phenols is 1. The number of quaternary nitrogens is 2. The van der Waals surface area contributed by atoms with E-state index in [-0.39, 0.29) is 24.2 Å². The monoisotopic (exact) mass is 383 g/mol. The van der Waals surface area contributed by atoms with E-state index in [4.69, 9.17) is 0 Å². The fourth-order valence-corrected chi connectivity index (χ4v) is 4.29. The molecule has 28 heavy (non-hydrogen) atoms. The standard InChI is InChI=1S/C22H24FN3O2/c23-18-6-3-17(4-7-18)21(26-12-10-25(11-13-26)14-15-27)19-8-5-16-2-1-9-24-20(16)22(19)28/h1-9,21,27-28H,10-15H2/p+2/t21-/m1/s1. The van der Waals surface area contributed by atoms with Crippen molar-refractivity contribution in [3.05, 3.63) is 71.7 Å². The summed E-state index contributed by atoms with van der Waals surface area (Å²) in [5.41, 5.74) is 2.39. The topological polar surface area (TPSA) is 62.2 Å². The minimum absolute atomic E-state index is 0.0947. The molecule has 0 unspecified atom stereocenters. The van der Waals surface area contributed by atoms with Crippen LogP contribution in [-0.4, -0.2) is 54.5 Å². The molecule has 3 aromatic rings. The summed E-state index contributed by atoms with van der Waals surface area (Å²) in [4.78, 5) is 7.09. The SMILES string of the molecule is OCC[NH+]1CC[NH+]([C@H](c2ccc(F)cc2)c2ccc3cccnc3c2O)CC1. The number of nitrogens with one attached hydrogen (secondary N) is 2. The van der Waals surface area contributed by atoms with Gasteiger partial charge in [0.05, 0.1) is 12.2 Å². The summed E-state index contributed by atoms with van der Waals surface area (Å²) >= 11 is 0. The zero-order valence-electron chi connectivity index (χ0n) is 15.7. The Morgan fingerprint density at radius 2 is 1.75 bits per heavy atom. The van der Waals surface area contributed by atoms with E-state index < -0.39 is 0 Å². The molecule has 1 aromatic heterocycles. The highest BCUT2D eigenvalue weighted by Gasteiger charge is 2.33. The van der Waals surface area contributed by atoms with Gasteiger partial charge in [0.2, 0.25) is 0 Å². The summed E-state index contributed by atoms with van der Waals surface area (Å²) in [6.45, 7) is 4.71. The van der Waals surface area contributed by atoms with Crippen molar-refractivity contribution in [1.82, 2.24) is 4.98 Å². The molecule has 0 aliphatic carbocycles. The number of halogens is 1. The van der Waals surface area contributed by atoms with Gasteiger partial charge in [-0.15, -0.1) is 0 Å². The van der Waals surface area contributed by atoms with Crippen molar-refractivity contribution in [2.24, 2.45) is 0 Å². The Morgan fingerprint density at radius 1 is 1.00 bits per heavy atom. The van der Waals surface area contributed by atoms with Gasteiger partial charge in [0.1, 0.15) is 50.1 Å². The lowest BCUT2D eigenvalue weighted by Gasteiger charge is -2.35. The van der Waals surface area contributed by atoms with Gasteiger partial charge in [0, 0.05) is 17.1 Å². The molecule has 1 saturated heterocycles. The van der Waals surface area contributed by atoms with Gasteiger partial charge in [-0.3, -0.25) is 4.98 Å². The number of aliphatic hydroxyl groups excluding tert-OH is 1. The molecule has 0 spiro atoms. The van der Waals surface area contributed by atoms with Crippen LogP contribution in [0, 0.1) is 5.82 Å². The van der Waals surface area contributed by atoms with Gasteiger partial charge in [0.15, 0.2) is 5.75 Å². The maximum atomic E-state index is 13.5. The van der Waals surface area contributed by atoms with Crippen LogP contribution in [0.3, 0.4) is 0 Å². The smallest absolute Gasteiger partial charge is 0.151 e. The van der Waals surface area contributed by atoms with Gasteiger partial charge < -0.3 is 20.0 Å². The summed E-state index contributed by atoms with van der Waals surface area (Å²) < 4.78 is 13.5. The summed E-state index contributed by atoms with van der Waals surface area (Å²) in [6, 6.07) is 14.2. The number of pyridine rings is 1. The first kappa shape index (κ1) is 18.8. The molecule has 0 amide bonds. The number of aliphatic hydroxyl groups is 1. The molecule has 4 rings (SSSR count). The third-order valence-electron chi connectivity index (χ3n) is 5.77.